The van der Waals surface area contributed by atoms with E-state index < -0.39 is 0 Å². The summed E-state index contributed by atoms with van der Waals surface area (Å²) in [5, 5.41) is 16.8. The molecule has 1 fully saturated rings. The number of amides is 2. The summed E-state index contributed by atoms with van der Waals surface area (Å²) in [5.41, 5.74) is 0. The van der Waals surface area contributed by atoms with Crippen LogP contribution in [0.5, 0.6) is 0 Å². The maximum atomic E-state index is 12.0. The van der Waals surface area contributed by atoms with E-state index in [1.54, 1.807) is 30.0 Å². The number of aliphatic hydroxyl groups excluding tert-OH is 1. The van der Waals surface area contributed by atoms with E-state index in [9.17, 15) is 9.90 Å². The Morgan fingerprint density at radius 1 is 1.55 bits per heavy atom. The Kier molecular flexibility index (Phi) is 4.94. The molecule has 20 heavy (non-hydrogen) atoms. The summed E-state index contributed by atoms with van der Waals surface area (Å²) in [6.07, 6.45) is 5.37. The third-order valence-electron chi connectivity index (χ3n) is 3.77. The van der Waals surface area contributed by atoms with Crippen LogP contribution in [0.1, 0.15) is 31.5 Å². The van der Waals surface area contributed by atoms with Crippen LogP contribution in [-0.4, -0.2) is 50.5 Å². The van der Waals surface area contributed by atoms with Gasteiger partial charge in [-0.1, -0.05) is 12.8 Å². The maximum absolute atomic E-state index is 12.0. The molecular weight excluding hydrogens is 258 g/mol. The number of carbonyl (C=O) groups is 1. The van der Waals surface area contributed by atoms with Gasteiger partial charge in [-0.15, -0.1) is 0 Å². The lowest BCUT2D eigenvalue weighted by Crippen LogP contribution is -2.42. The molecule has 0 aromatic carbocycles. The number of nitrogens with zero attached hydrogens (tertiary/aromatic N) is 4. The van der Waals surface area contributed by atoms with Crippen molar-refractivity contribution in [2.24, 2.45) is 13.0 Å². The third kappa shape index (κ3) is 3.93. The van der Waals surface area contributed by atoms with Gasteiger partial charge in [0, 0.05) is 26.6 Å². The van der Waals surface area contributed by atoms with Crippen molar-refractivity contribution in [1.82, 2.24) is 25.0 Å². The van der Waals surface area contributed by atoms with Crippen molar-refractivity contribution in [3.63, 3.8) is 0 Å². The fourth-order valence-electron chi connectivity index (χ4n) is 2.59. The van der Waals surface area contributed by atoms with Crippen LogP contribution in [0.15, 0.2) is 6.33 Å². The molecule has 1 aromatic rings. The molecule has 2 unspecified atom stereocenters. The number of aromatic nitrogens is 3. The summed E-state index contributed by atoms with van der Waals surface area (Å²) in [6.45, 7) is 0.903. The van der Waals surface area contributed by atoms with E-state index in [2.05, 4.69) is 15.4 Å². The second kappa shape index (κ2) is 6.69. The molecule has 1 heterocycles. The summed E-state index contributed by atoms with van der Waals surface area (Å²) < 4.78 is 1.60. The van der Waals surface area contributed by atoms with Crippen LogP contribution in [0.2, 0.25) is 0 Å². The largest absolute Gasteiger partial charge is 0.393 e. The fourth-order valence-corrected chi connectivity index (χ4v) is 2.59. The molecular formula is C13H23N5O2. The van der Waals surface area contributed by atoms with Crippen LogP contribution in [0.25, 0.3) is 0 Å². The zero-order valence-electron chi connectivity index (χ0n) is 12.1. The number of nitrogens with one attached hydrogen (secondary N) is 1. The Labute approximate surface area is 119 Å². The first-order valence-electron chi connectivity index (χ1n) is 7.08. The van der Waals surface area contributed by atoms with Crippen LogP contribution in [0, 0.1) is 5.92 Å². The minimum atomic E-state index is -0.281. The van der Waals surface area contributed by atoms with Crippen molar-refractivity contribution >= 4 is 6.03 Å². The maximum Gasteiger partial charge on any atom is 0.317 e. The molecule has 1 aliphatic rings. The third-order valence-corrected chi connectivity index (χ3v) is 3.77. The minimum absolute atomic E-state index is 0.157. The molecule has 1 aromatic heterocycles. The number of aryl methyl sites for hydroxylation is 1. The zero-order chi connectivity index (χ0) is 14.5. The van der Waals surface area contributed by atoms with Crippen molar-refractivity contribution in [3.8, 4) is 0 Å². The van der Waals surface area contributed by atoms with Gasteiger partial charge in [0.2, 0.25) is 0 Å². The fraction of sp³-hybridized carbons (Fsp3) is 0.769. The molecule has 0 bridgehead atoms. The SMILES string of the molecule is CN(CC1CCCCC1O)C(=O)NCc1ncn(C)n1. The van der Waals surface area contributed by atoms with Crippen LogP contribution < -0.4 is 5.32 Å². The van der Waals surface area contributed by atoms with E-state index >= 15 is 0 Å². The molecule has 2 N–H and O–H groups in total. The van der Waals surface area contributed by atoms with E-state index in [-0.39, 0.29) is 18.1 Å². The topological polar surface area (TPSA) is 83.3 Å². The monoisotopic (exact) mass is 281 g/mol. The van der Waals surface area contributed by atoms with Crippen molar-refractivity contribution < 1.29 is 9.90 Å². The highest BCUT2D eigenvalue weighted by molar-refractivity contribution is 5.73. The van der Waals surface area contributed by atoms with Gasteiger partial charge in [0.1, 0.15) is 6.33 Å². The van der Waals surface area contributed by atoms with E-state index in [0.29, 0.717) is 18.9 Å². The lowest BCUT2D eigenvalue weighted by molar-refractivity contribution is 0.0564. The number of hydrogen-bond acceptors (Lipinski definition) is 4. The van der Waals surface area contributed by atoms with Crippen LogP contribution in [0.4, 0.5) is 4.79 Å². The highest BCUT2D eigenvalue weighted by Crippen LogP contribution is 2.24. The summed E-state index contributed by atoms with van der Waals surface area (Å²) >= 11 is 0. The summed E-state index contributed by atoms with van der Waals surface area (Å²) in [5.74, 6) is 0.777. The number of urea groups is 1. The summed E-state index contributed by atoms with van der Waals surface area (Å²) in [4.78, 5) is 17.7. The predicted molar refractivity (Wildman–Crippen MR) is 73.8 cm³/mol. The summed E-state index contributed by atoms with van der Waals surface area (Å²) in [7, 11) is 3.54. The molecule has 2 atom stereocenters. The van der Waals surface area contributed by atoms with Gasteiger partial charge in [-0.3, -0.25) is 4.68 Å². The van der Waals surface area contributed by atoms with Gasteiger partial charge in [0.05, 0.1) is 12.6 Å². The standard InChI is InChI=1S/C13H23N5O2/c1-17(8-10-5-3-4-6-11(10)19)13(20)14-7-12-15-9-18(2)16-12/h9-11,19H,3-8H2,1-2H3,(H,14,20). The lowest BCUT2D eigenvalue weighted by Gasteiger charge is -2.31. The molecule has 2 rings (SSSR count). The Hall–Kier alpha value is -1.63. The van der Waals surface area contributed by atoms with Crippen LogP contribution in [0.3, 0.4) is 0 Å². The first-order valence-corrected chi connectivity index (χ1v) is 7.08. The molecule has 112 valence electrons. The average Bonchev–Trinajstić information content (AvgIpc) is 2.84. The second-order valence-electron chi connectivity index (χ2n) is 5.49. The molecule has 1 aliphatic carbocycles. The van der Waals surface area contributed by atoms with E-state index in [0.717, 1.165) is 25.7 Å². The molecule has 7 nitrogen and oxygen atoms in total. The summed E-state index contributed by atoms with van der Waals surface area (Å²) in [6, 6.07) is -0.157. The Bertz CT molecular complexity index is 448. The second-order valence-corrected chi connectivity index (χ2v) is 5.49. The van der Waals surface area contributed by atoms with Gasteiger partial charge in [0.25, 0.3) is 0 Å². The lowest BCUT2D eigenvalue weighted by atomic mass is 9.86. The van der Waals surface area contributed by atoms with E-state index in [4.69, 9.17) is 0 Å². The van der Waals surface area contributed by atoms with Gasteiger partial charge < -0.3 is 15.3 Å². The molecule has 0 spiro atoms. The van der Waals surface area contributed by atoms with Gasteiger partial charge >= 0.3 is 6.03 Å². The molecule has 0 saturated heterocycles. The number of carbonyl (C=O) groups excluding carboxylic acids is 1. The zero-order valence-corrected chi connectivity index (χ0v) is 12.1. The van der Waals surface area contributed by atoms with Crippen LogP contribution in [-0.2, 0) is 13.6 Å². The smallest absolute Gasteiger partial charge is 0.317 e. The quantitative estimate of drug-likeness (QED) is 0.842. The van der Waals surface area contributed by atoms with Gasteiger partial charge in [-0.05, 0) is 12.8 Å². The first kappa shape index (κ1) is 14.8. The average molecular weight is 281 g/mol. The highest BCUT2D eigenvalue weighted by Gasteiger charge is 2.25. The Morgan fingerprint density at radius 2 is 2.30 bits per heavy atom. The normalized spacial score (nSPS) is 22.6. The Morgan fingerprint density at radius 3 is 2.95 bits per heavy atom. The van der Waals surface area contributed by atoms with Gasteiger partial charge in [0.15, 0.2) is 5.82 Å². The molecule has 0 radical (unpaired) electrons. The van der Waals surface area contributed by atoms with Crippen molar-refractivity contribution in [2.45, 2.75) is 38.3 Å². The number of rotatable bonds is 4. The van der Waals surface area contributed by atoms with Crippen molar-refractivity contribution in [1.29, 1.82) is 0 Å². The molecule has 2 amide bonds. The molecule has 0 aliphatic heterocycles. The molecule has 1 saturated carbocycles. The minimum Gasteiger partial charge on any atom is -0.393 e. The molecule has 7 heteroatoms. The van der Waals surface area contributed by atoms with Crippen LogP contribution >= 0.6 is 0 Å². The number of hydrogen-bond donors (Lipinski definition) is 2. The van der Waals surface area contributed by atoms with Crippen molar-refractivity contribution in [3.05, 3.63) is 12.2 Å². The van der Waals surface area contributed by atoms with E-state index in [1.807, 2.05) is 0 Å². The van der Waals surface area contributed by atoms with Gasteiger partial charge in [-0.2, -0.15) is 5.10 Å². The Balaban J connectivity index is 1.76. The van der Waals surface area contributed by atoms with Gasteiger partial charge in [-0.25, -0.2) is 9.78 Å². The highest BCUT2D eigenvalue weighted by atomic mass is 16.3. The van der Waals surface area contributed by atoms with E-state index in [1.165, 1.54) is 0 Å². The first-order chi connectivity index (χ1) is 9.56. The number of aliphatic hydroxyl groups is 1. The van der Waals surface area contributed by atoms with Crippen molar-refractivity contribution in [2.75, 3.05) is 13.6 Å². The predicted octanol–water partition coefficient (Wildman–Crippen LogP) is 0.508.